The summed E-state index contributed by atoms with van der Waals surface area (Å²) in [6.45, 7) is 2.15. The minimum Gasteiger partial charge on any atom is -0.497 e. The Hall–Kier alpha value is -2.04. The number of ether oxygens (including phenoxy) is 2. The summed E-state index contributed by atoms with van der Waals surface area (Å²) in [6.07, 6.45) is 0.560. The minimum absolute atomic E-state index is 0.223. The number of benzene rings is 2. The number of hydrogen-bond donors (Lipinski definition) is 1. The van der Waals surface area contributed by atoms with E-state index in [9.17, 15) is 5.11 Å². The highest BCUT2D eigenvalue weighted by atomic mass is 16.5. The van der Waals surface area contributed by atoms with Gasteiger partial charge in [0.1, 0.15) is 17.1 Å². The van der Waals surface area contributed by atoms with Gasteiger partial charge in [-0.15, -0.1) is 0 Å². The molecule has 0 bridgehead atoms. The zero-order valence-corrected chi connectivity index (χ0v) is 16.1. The van der Waals surface area contributed by atoms with E-state index in [0.29, 0.717) is 17.9 Å². The lowest BCUT2D eigenvalue weighted by molar-refractivity contribution is -0.895. The van der Waals surface area contributed by atoms with Crippen molar-refractivity contribution >= 4 is 0 Å². The van der Waals surface area contributed by atoms with E-state index in [0.717, 1.165) is 15.6 Å². The monoisotopic (exact) mass is 344 g/mol. The maximum atomic E-state index is 11.9. The molecule has 136 valence electrons. The van der Waals surface area contributed by atoms with Crippen molar-refractivity contribution in [2.24, 2.45) is 0 Å². The molecule has 4 heteroatoms. The van der Waals surface area contributed by atoms with Gasteiger partial charge in [-0.3, -0.25) is 0 Å². The van der Waals surface area contributed by atoms with Crippen molar-refractivity contribution in [1.82, 2.24) is 0 Å². The van der Waals surface area contributed by atoms with E-state index in [1.807, 2.05) is 48.5 Å². The highest BCUT2D eigenvalue weighted by molar-refractivity contribution is 5.48. The van der Waals surface area contributed by atoms with E-state index in [4.69, 9.17) is 9.47 Å². The molecule has 0 saturated carbocycles. The van der Waals surface area contributed by atoms with Gasteiger partial charge in [0.25, 0.3) is 0 Å². The van der Waals surface area contributed by atoms with Gasteiger partial charge >= 0.3 is 0 Å². The van der Waals surface area contributed by atoms with Crippen molar-refractivity contribution in [3.05, 3.63) is 59.7 Å². The average molecular weight is 344 g/mol. The standard InChI is InChI=1S/C21H30NO3/c1-16(22(2,3)4)15-21(23,17-10-8-7-9-11-17)19-14-18(24-5)12-13-20(19)25-6/h7-14,16,23H,15H2,1-6H3/q+1. The SMILES string of the molecule is COc1ccc(OC)c(C(O)(CC(C)[N+](C)(C)C)c2ccccc2)c1. The summed E-state index contributed by atoms with van der Waals surface area (Å²) in [7, 11) is 9.67. The van der Waals surface area contributed by atoms with Crippen LogP contribution in [0, 0.1) is 0 Å². The van der Waals surface area contributed by atoms with Crippen molar-refractivity contribution in [3.8, 4) is 11.5 Å². The molecule has 4 nitrogen and oxygen atoms in total. The van der Waals surface area contributed by atoms with Gasteiger partial charge in [0.15, 0.2) is 0 Å². The van der Waals surface area contributed by atoms with E-state index in [-0.39, 0.29) is 6.04 Å². The first-order chi connectivity index (χ1) is 11.7. The third-order valence-corrected chi connectivity index (χ3v) is 5.02. The molecule has 2 aromatic carbocycles. The van der Waals surface area contributed by atoms with Crippen molar-refractivity contribution in [1.29, 1.82) is 0 Å². The summed E-state index contributed by atoms with van der Waals surface area (Å²) in [5, 5.41) is 11.9. The summed E-state index contributed by atoms with van der Waals surface area (Å²) >= 11 is 0. The first-order valence-electron chi connectivity index (χ1n) is 8.54. The Kier molecular flexibility index (Phi) is 5.76. The lowest BCUT2D eigenvalue weighted by Gasteiger charge is -2.38. The topological polar surface area (TPSA) is 38.7 Å². The summed E-state index contributed by atoms with van der Waals surface area (Å²) in [6, 6.07) is 15.6. The first-order valence-corrected chi connectivity index (χ1v) is 8.54. The highest BCUT2D eigenvalue weighted by Crippen LogP contribution is 2.41. The highest BCUT2D eigenvalue weighted by Gasteiger charge is 2.39. The molecule has 0 fully saturated rings. The van der Waals surface area contributed by atoms with E-state index in [1.165, 1.54) is 0 Å². The second kappa shape index (κ2) is 7.46. The number of nitrogens with zero attached hydrogens (tertiary/aromatic N) is 1. The molecule has 0 spiro atoms. The van der Waals surface area contributed by atoms with Crippen molar-refractivity contribution in [3.63, 3.8) is 0 Å². The third kappa shape index (κ3) is 4.14. The number of quaternary nitrogens is 1. The van der Waals surface area contributed by atoms with Crippen LogP contribution >= 0.6 is 0 Å². The Bertz CT molecular complexity index is 694. The summed E-state index contributed by atoms with van der Waals surface area (Å²) in [5.74, 6) is 1.35. The molecule has 2 rings (SSSR count). The molecule has 25 heavy (non-hydrogen) atoms. The van der Waals surface area contributed by atoms with Gasteiger partial charge in [-0.05, 0) is 30.7 Å². The summed E-state index contributed by atoms with van der Waals surface area (Å²) in [4.78, 5) is 0. The molecule has 2 unspecified atom stereocenters. The fraction of sp³-hybridized carbons (Fsp3) is 0.429. The quantitative estimate of drug-likeness (QED) is 0.782. The van der Waals surface area contributed by atoms with Crippen LogP contribution in [0.1, 0.15) is 24.5 Å². The lowest BCUT2D eigenvalue weighted by atomic mass is 9.80. The van der Waals surface area contributed by atoms with Gasteiger partial charge in [0, 0.05) is 12.0 Å². The zero-order valence-electron chi connectivity index (χ0n) is 16.1. The number of hydrogen-bond acceptors (Lipinski definition) is 3. The molecule has 0 heterocycles. The second-order valence-electron chi connectivity index (χ2n) is 7.46. The molecule has 2 aromatic rings. The Morgan fingerprint density at radius 2 is 1.64 bits per heavy atom. The van der Waals surface area contributed by atoms with Crippen molar-refractivity contribution in [2.45, 2.75) is 25.0 Å². The van der Waals surface area contributed by atoms with E-state index in [1.54, 1.807) is 14.2 Å². The van der Waals surface area contributed by atoms with Crippen LogP contribution in [0.25, 0.3) is 0 Å². The summed E-state index contributed by atoms with van der Waals surface area (Å²) in [5.41, 5.74) is 0.397. The Balaban J connectivity index is 2.64. The molecule has 0 aliphatic rings. The Morgan fingerprint density at radius 1 is 1.00 bits per heavy atom. The molecule has 1 N–H and O–H groups in total. The van der Waals surface area contributed by atoms with Crippen LogP contribution in [0.15, 0.2) is 48.5 Å². The van der Waals surface area contributed by atoms with Crippen molar-refractivity contribution < 1.29 is 19.1 Å². The van der Waals surface area contributed by atoms with E-state index < -0.39 is 5.60 Å². The van der Waals surface area contributed by atoms with Gasteiger partial charge in [-0.1, -0.05) is 30.3 Å². The maximum Gasteiger partial charge on any atom is 0.125 e. The van der Waals surface area contributed by atoms with Gasteiger partial charge in [-0.25, -0.2) is 0 Å². The van der Waals surface area contributed by atoms with Crippen LogP contribution < -0.4 is 9.47 Å². The predicted octanol–water partition coefficient (Wildman–Crippen LogP) is 3.42. The van der Waals surface area contributed by atoms with E-state index in [2.05, 4.69) is 28.1 Å². The summed E-state index contributed by atoms with van der Waals surface area (Å²) < 4.78 is 11.7. The molecule has 0 aromatic heterocycles. The van der Waals surface area contributed by atoms with Crippen LogP contribution in [0.5, 0.6) is 11.5 Å². The predicted molar refractivity (Wildman–Crippen MR) is 101 cm³/mol. The number of methoxy groups -OCH3 is 2. The van der Waals surface area contributed by atoms with Gasteiger partial charge in [0.05, 0.1) is 41.4 Å². The van der Waals surface area contributed by atoms with Crippen LogP contribution in [0.4, 0.5) is 0 Å². The van der Waals surface area contributed by atoms with Gasteiger partial charge in [-0.2, -0.15) is 0 Å². The van der Waals surface area contributed by atoms with Gasteiger partial charge < -0.3 is 19.1 Å². The Morgan fingerprint density at radius 3 is 2.16 bits per heavy atom. The first kappa shape index (κ1) is 19.3. The van der Waals surface area contributed by atoms with Gasteiger partial charge in [0.2, 0.25) is 0 Å². The fourth-order valence-corrected chi connectivity index (χ4v) is 2.94. The van der Waals surface area contributed by atoms with Crippen LogP contribution in [-0.2, 0) is 5.60 Å². The number of aliphatic hydroxyl groups is 1. The average Bonchev–Trinajstić information content (AvgIpc) is 2.60. The molecular weight excluding hydrogens is 314 g/mol. The molecule has 0 aliphatic carbocycles. The third-order valence-electron chi connectivity index (χ3n) is 5.02. The normalized spacial score (nSPS) is 15.3. The molecule has 0 saturated heterocycles. The number of rotatable bonds is 7. The minimum atomic E-state index is -1.17. The maximum absolute atomic E-state index is 11.9. The fourth-order valence-electron chi connectivity index (χ4n) is 2.94. The molecule has 2 atom stereocenters. The largest absolute Gasteiger partial charge is 0.497 e. The Labute approximate surface area is 151 Å². The smallest absolute Gasteiger partial charge is 0.125 e. The van der Waals surface area contributed by atoms with Crippen LogP contribution in [0.3, 0.4) is 0 Å². The lowest BCUT2D eigenvalue weighted by Crippen LogP contribution is -2.47. The molecule has 0 aliphatic heterocycles. The van der Waals surface area contributed by atoms with E-state index >= 15 is 0 Å². The molecule has 0 amide bonds. The zero-order chi connectivity index (χ0) is 18.7. The van der Waals surface area contributed by atoms with Crippen molar-refractivity contribution in [2.75, 3.05) is 35.4 Å². The van der Waals surface area contributed by atoms with Crippen LogP contribution in [-0.4, -0.2) is 51.0 Å². The second-order valence-corrected chi connectivity index (χ2v) is 7.46. The molecular formula is C21H30NO3+. The van der Waals surface area contributed by atoms with Crippen LogP contribution in [0.2, 0.25) is 0 Å². The molecule has 0 radical (unpaired) electrons.